The lowest BCUT2D eigenvalue weighted by atomic mass is 10.1. The van der Waals surface area contributed by atoms with Crippen LogP contribution in [0.25, 0.3) is 34.4 Å². The molecule has 0 aliphatic rings. The number of aromatic nitrogens is 6. The molecule has 0 atom stereocenters. The Labute approximate surface area is 136 Å². The molecule has 0 saturated heterocycles. The van der Waals surface area contributed by atoms with Crippen LogP contribution >= 0.6 is 0 Å². The lowest BCUT2D eigenvalue weighted by Crippen LogP contribution is -1.87. The minimum absolute atomic E-state index is 0.329. The van der Waals surface area contributed by atoms with Gasteiger partial charge in [-0.3, -0.25) is 15.2 Å². The first kappa shape index (κ1) is 14.3. The second-order valence-electron chi connectivity index (χ2n) is 5.35. The monoisotopic (exact) mass is 320 g/mol. The van der Waals surface area contributed by atoms with Gasteiger partial charge in [0.25, 0.3) is 0 Å². The first-order chi connectivity index (χ1) is 11.7. The van der Waals surface area contributed by atoms with Crippen LogP contribution in [-0.2, 0) is 0 Å². The number of hydrogen-bond donors (Lipinski definition) is 2. The van der Waals surface area contributed by atoms with Crippen LogP contribution in [0.3, 0.4) is 0 Å². The molecule has 0 bridgehead atoms. The number of nitrogens with one attached hydrogen (secondary N) is 2. The summed E-state index contributed by atoms with van der Waals surface area (Å²) in [4.78, 5) is 8.26. The zero-order valence-corrected chi connectivity index (χ0v) is 12.8. The molecule has 0 spiro atoms. The molecule has 6 nitrogen and oxygen atoms in total. The first-order valence-electron chi connectivity index (χ1n) is 7.36. The van der Waals surface area contributed by atoms with Crippen molar-refractivity contribution in [1.82, 2.24) is 30.4 Å². The van der Waals surface area contributed by atoms with Crippen molar-refractivity contribution in [3.8, 4) is 11.4 Å². The number of H-pyrrole nitrogens is 2. The molecule has 4 aromatic rings. The maximum absolute atomic E-state index is 14.3. The highest BCUT2D eigenvalue weighted by atomic mass is 19.1. The zero-order chi connectivity index (χ0) is 16.5. The standard InChI is InChI=1S/C17H13FN6/c1-10-20-17(24-21-10)12-7-13-15(22-23-16(13)8-14(12)18)5-4-11-3-2-6-19-9-11/h2-9H,1H3,(H,22,23)(H,20,21,24)/b5-4+. The van der Waals surface area contributed by atoms with E-state index in [1.807, 2.05) is 24.3 Å². The first-order valence-corrected chi connectivity index (χ1v) is 7.36. The van der Waals surface area contributed by atoms with Crippen LogP contribution in [0.1, 0.15) is 17.1 Å². The fourth-order valence-corrected chi connectivity index (χ4v) is 2.47. The lowest BCUT2D eigenvalue weighted by Gasteiger charge is -1.99. The summed E-state index contributed by atoms with van der Waals surface area (Å²) >= 11 is 0. The molecule has 3 aromatic heterocycles. The predicted octanol–water partition coefficient (Wildman–Crippen LogP) is 3.36. The van der Waals surface area contributed by atoms with Crippen molar-refractivity contribution in [1.29, 1.82) is 0 Å². The number of halogens is 1. The molecule has 0 fully saturated rings. The molecule has 118 valence electrons. The average Bonchev–Trinajstić information content (AvgIpc) is 3.19. The van der Waals surface area contributed by atoms with Gasteiger partial charge in [0.1, 0.15) is 11.6 Å². The quantitative estimate of drug-likeness (QED) is 0.606. The summed E-state index contributed by atoms with van der Waals surface area (Å²) in [7, 11) is 0. The Balaban J connectivity index is 1.79. The fraction of sp³-hybridized carbons (Fsp3) is 0.0588. The Morgan fingerprint density at radius 2 is 2.04 bits per heavy atom. The maximum Gasteiger partial charge on any atom is 0.184 e. The molecule has 0 aliphatic heterocycles. The Hall–Kier alpha value is -3.35. The summed E-state index contributed by atoms with van der Waals surface area (Å²) in [6, 6.07) is 6.92. The van der Waals surface area contributed by atoms with Crippen molar-refractivity contribution < 1.29 is 4.39 Å². The Morgan fingerprint density at radius 3 is 2.79 bits per heavy atom. The van der Waals surface area contributed by atoms with Gasteiger partial charge in [0.15, 0.2) is 5.82 Å². The van der Waals surface area contributed by atoms with E-state index in [2.05, 4.69) is 30.4 Å². The van der Waals surface area contributed by atoms with Crippen LogP contribution in [0, 0.1) is 12.7 Å². The third kappa shape index (κ3) is 2.56. The number of aryl methyl sites for hydroxylation is 1. The van der Waals surface area contributed by atoms with E-state index in [1.54, 1.807) is 25.4 Å². The van der Waals surface area contributed by atoms with E-state index in [4.69, 9.17) is 0 Å². The van der Waals surface area contributed by atoms with Gasteiger partial charge in [0.2, 0.25) is 0 Å². The van der Waals surface area contributed by atoms with E-state index >= 15 is 0 Å². The van der Waals surface area contributed by atoms with Crippen LogP contribution in [0.15, 0.2) is 36.7 Å². The average molecular weight is 320 g/mol. The topological polar surface area (TPSA) is 83.1 Å². The number of hydrogen-bond acceptors (Lipinski definition) is 4. The van der Waals surface area contributed by atoms with E-state index in [0.717, 1.165) is 10.9 Å². The minimum Gasteiger partial charge on any atom is -0.277 e. The minimum atomic E-state index is -0.395. The molecule has 3 heterocycles. The molecule has 1 aromatic carbocycles. The molecular weight excluding hydrogens is 307 g/mol. The summed E-state index contributed by atoms with van der Waals surface area (Å²) in [5.41, 5.74) is 2.63. The summed E-state index contributed by atoms with van der Waals surface area (Å²) in [5, 5.41) is 14.6. The van der Waals surface area contributed by atoms with Gasteiger partial charge in [-0.25, -0.2) is 9.37 Å². The van der Waals surface area contributed by atoms with Crippen LogP contribution in [0.4, 0.5) is 4.39 Å². The highest BCUT2D eigenvalue weighted by molar-refractivity contribution is 5.92. The summed E-state index contributed by atoms with van der Waals surface area (Å²) in [6.07, 6.45) is 7.24. The van der Waals surface area contributed by atoms with Gasteiger partial charge in [-0.1, -0.05) is 12.1 Å². The fourth-order valence-electron chi connectivity index (χ4n) is 2.47. The van der Waals surface area contributed by atoms with Crippen LogP contribution in [-0.4, -0.2) is 30.4 Å². The number of rotatable bonds is 3. The van der Waals surface area contributed by atoms with E-state index in [1.165, 1.54) is 6.07 Å². The maximum atomic E-state index is 14.3. The third-order valence-electron chi connectivity index (χ3n) is 3.64. The van der Waals surface area contributed by atoms with Gasteiger partial charge >= 0.3 is 0 Å². The molecule has 0 radical (unpaired) electrons. The van der Waals surface area contributed by atoms with E-state index < -0.39 is 5.82 Å². The number of nitrogens with zero attached hydrogens (tertiary/aromatic N) is 4. The second kappa shape index (κ2) is 5.69. The number of fused-ring (bicyclic) bond motifs is 1. The van der Waals surface area contributed by atoms with E-state index in [0.29, 0.717) is 28.4 Å². The zero-order valence-electron chi connectivity index (χ0n) is 12.8. The molecule has 0 aliphatic carbocycles. The molecule has 0 amide bonds. The molecule has 4 rings (SSSR count). The SMILES string of the molecule is Cc1nc(-c2cc3c(/C=C/c4cccnc4)n[nH]c3cc2F)n[nH]1. The van der Waals surface area contributed by atoms with Crippen LogP contribution < -0.4 is 0 Å². The molecule has 2 N–H and O–H groups in total. The van der Waals surface area contributed by atoms with E-state index in [-0.39, 0.29) is 0 Å². The van der Waals surface area contributed by atoms with E-state index in [9.17, 15) is 4.39 Å². The normalized spacial score (nSPS) is 11.6. The summed E-state index contributed by atoms with van der Waals surface area (Å²) < 4.78 is 14.3. The lowest BCUT2D eigenvalue weighted by molar-refractivity contribution is 0.631. The van der Waals surface area contributed by atoms with Gasteiger partial charge in [-0.05, 0) is 30.7 Å². The van der Waals surface area contributed by atoms with Gasteiger partial charge < -0.3 is 0 Å². The molecule has 24 heavy (non-hydrogen) atoms. The summed E-state index contributed by atoms with van der Waals surface area (Å²) in [5.74, 6) is 0.566. The van der Waals surface area contributed by atoms with Crippen molar-refractivity contribution in [3.63, 3.8) is 0 Å². The number of aromatic amines is 2. The Morgan fingerprint density at radius 1 is 1.12 bits per heavy atom. The Kier molecular flexibility index (Phi) is 3.38. The van der Waals surface area contributed by atoms with Crippen molar-refractivity contribution >= 4 is 23.1 Å². The molecule has 0 unspecified atom stereocenters. The van der Waals surface area contributed by atoms with Crippen molar-refractivity contribution in [2.24, 2.45) is 0 Å². The Bertz CT molecular complexity index is 1030. The van der Waals surface area contributed by atoms with Crippen LogP contribution in [0.2, 0.25) is 0 Å². The van der Waals surface area contributed by atoms with Crippen molar-refractivity contribution in [3.05, 3.63) is 59.6 Å². The van der Waals surface area contributed by atoms with Gasteiger partial charge in [0.05, 0.1) is 16.8 Å². The van der Waals surface area contributed by atoms with Crippen molar-refractivity contribution in [2.45, 2.75) is 6.92 Å². The van der Waals surface area contributed by atoms with Crippen molar-refractivity contribution in [2.75, 3.05) is 0 Å². The largest absolute Gasteiger partial charge is 0.277 e. The third-order valence-corrected chi connectivity index (χ3v) is 3.64. The highest BCUT2D eigenvalue weighted by Crippen LogP contribution is 2.27. The van der Waals surface area contributed by atoms with Crippen LogP contribution in [0.5, 0.6) is 0 Å². The smallest absolute Gasteiger partial charge is 0.184 e. The highest BCUT2D eigenvalue weighted by Gasteiger charge is 2.14. The van der Waals surface area contributed by atoms with Gasteiger partial charge in [-0.15, -0.1) is 0 Å². The summed E-state index contributed by atoms with van der Waals surface area (Å²) in [6.45, 7) is 1.77. The number of benzene rings is 1. The number of pyridine rings is 1. The molecule has 7 heteroatoms. The second-order valence-corrected chi connectivity index (χ2v) is 5.35. The van der Waals surface area contributed by atoms with Gasteiger partial charge in [0, 0.05) is 23.8 Å². The molecule has 0 saturated carbocycles. The van der Waals surface area contributed by atoms with Gasteiger partial charge in [-0.2, -0.15) is 10.2 Å². The predicted molar refractivity (Wildman–Crippen MR) is 89.3 cm³/mol. The molecular formula is C17H13FN6.